The fourth-order valence-electron chi connectivity index (χ4n) is 1.76. The molecule has 3 nitrogen and oxygen atoms in total. The van der Waals surface area contributed by atoms with Crippen molar-refractivity contribution in [3.63, 3.8) is 0 Å². The zero-order valence-corrected chi connectivity index (χ0v) is 11.9. The molecule has 4 heteroatoms. The minimum Gasteiger partial charge on any atom is -0.389 e. The molecule has 1 aromatic rings. The number of carbonyl (C=O) groups excluding carboxylic acids is 1. The average molecular weight is 264 g/mol. The third kappa shape index (κ3) is 3.81. The Balaban J connectivity index is 2.88. The lowest BCUT2D eigenvalue weighted by atomic mass is 10.0. The van der Waals surface area contributed by atoms with Crippen LogP contribution in [0.5, 0.6) is 0 Å². The van der Waals surface area contributed by atoms with Crippen LogP contribution in [0.1, 0.15) is 37.8 Å². The maximum atomic E-state index is 11.9. The van der Waals surface area contributed by atoms with Gasteiger partial charge >= 0.3 is 0 Å². The number of hydrogen-bond donors (Lipinski definition) is 2. The highest BCUT2D eigenvalue weighted by Gasteiger charge is 2.12. The first-order valence-corrected chi connectivity index (χ1v) is 6.55. The van der Waals surface area contributed by atoms with Gasteiger partial charge in [-0.2, -0.15) is 0 Å². The number of thiocarbonyl (C=S) groups is 1. The van der Waals surface area contributed by atoms with Gasteiger partial charge in [-0.15, -0.1) is 0 Å². The lowest BCUT2D eigenvalue weighted by Gasteiger charge is -2.14. The molecule has 1 rings (SSSR count). The van der Waals surface area contributed by atoms with Gasteiger partial charge in [0.05, 0.1) is 5.69 Å². The number of nitrogens with one attached hydrogen (secondary N) is 1. The first kappa shape index (κ1) is 14.6. The van der Waals surface area contributed by atoms with Gasteiger partial charge in [0.15, 0.2) is 0 Å². The van der Waals surface area contributed by atoms with Gasteiger partial charge in [0.1, 0.15) is 4.99 Å². The Morgan fingerprint density at radius 2 is 2.17 bits per heavy atom. The molecule has 0 aliphatic rings. The van der Waals surface area contributed by atoms with Crippen molar-refractivity contribution in [1.82, 2.24) is 0 Å². The molecule has 0 heterocycles. The van der Waals surface area contributed by atoms with E-state index in [1.54, 1.807) is 0 Å². The van der Waals surface area contributed by atoms with Crippen molar-refractivity contribution in [3.8, 4) is 0 Å². The van der Waals surface area contributed by atoms with E-state index in [1.807, 2.05) is 25.1 Å². The quantitative estimate of drug-likeness (QED) is 0.804. The van der Waals surface area contributed by atoms with Crippen molar-refractivity contribution < 1.29 is 4.79 Å². The monoisotopic (exact) mass is 264 g/mol. The van der Waals surface area contributed by atoms with Gasteiger partial charge in [-0.1, -0.05) is 44.6 Å². The number of amides is 1. The number of anilines is 1. The molecule has 0 spiro atoms. The number of carbonyl (C=O) groups is 1. The predicted octanol–water partition coefficient (Wildman–Crippen LogP) is 3.00. The van der Waals surface area contributed by atoms with Gasteiger partial charge in [-0.25, -0.2) is 0 Å². The molecule has 0 aliphatic heterocycles. The van der Waals surface area contributed by atoms with Gasteiger partial charge in [0, 0.05) is 12.0 Å². The van der Waals surface area contributed by atoms with Gasteiger partial charge in [0.25, 0.3) is 0 Å². The summed E-state index contributed by atoms with van der Waals surface area (Å²) in [5.41, 5.74) is 8.13. The third-order valence-electron chi connectivity index (χ3n) is 3.02. The molecule has 0 aromatic heterocycles. The smallest absolute Gasteiger partial charge is 0.224 e. The van der Waals surface area contributed by atoms with Crippen LogP contribution in [0, 0.1) is 12.8 Å². The van der Waals surface area contributed by atoms with E-state index in [0.29, 0.717) is 23.0 Å². The van der Waals surface area contributed by atoms with Crippen molar-refractivity contribution in [2.75, 3.05) is 5.32 Å². The van der Waals surface area contributed by atoms with Gasteiger partial charge in [0.2, 0.25) is 5.91 Å². The van der Waals surface area contributed by atoms with Gasteiger partial charge in [-0.3, -0.25) is 4.79 Å². The summed E-state index contributed by atoms with van der Waals surface area (Å²) >= 11 is 5.03. The Bertz CT molecular complexity index is 457. The maximum Gasteiger partial charge on any atom is 0.224 e. The van der Waals surface area contributed by atoms with Crippen molar-refractivity contribution in [2.24, 2.45) is 11.7 Å². The summed E-state index contributed by atoms with van der Waals surface area (Å²) in [5.74, 6) is 0.385. The van der Waals surface area contributed by atoms with Crippen molar-refractivity contribution in [3.05, 3.63) is 29.3 Å². The lowest BCUT2D eigenvalue weighted by Crippen LogP contribution is -2.19. The van der Waals surface area contributed by atoms with Crippen molar-refractivity contribution in [2.45, 2.75) is 33.6 Å². The largest absolute Gasteiger partial charge is 0.389 e. The van der Waals surface area contributed by atoms with Gasteiger partial charge < -0.3 is 11.1 Å². The van der Waals surface area contributed by atoms with E-state index < -0.39 is 0 Å². The fraction of sp³-hybridized carbons (Fsp3) is 0.429. The Morgan fingerprint density at radius 3 is 2.72 bits per heavy atom. The zero-order chi connectivity index (χ0) is 13.7. The average Bonchev–Trinajstić information content (AvgIpc) is 2.28. The van der Waals surface area contributed by atoms with E-state index in [0.717, 1.165) is 17.5 Å². The van der Waals surface area contributed by atoms with Crippen LogP contribution in [-0.4, -0.2) is 10.9 Å². The normalized spacial score (nSPS) is 11.9. The standard InChI is InChI=1S/C14H20N2OS/c1-4-9(2)8-12(17)16-11-7-5-6-10(3)13(11)14(15)18/h5-7,9H,4,8H2,1-3H3,(H2,15,18)(H,16,17). The van der Waals surface area contributed by atoms with E-state index >= 15 is 0 Å². The number of aryl methyl sites for hydroxylation is 1. The number of benzene rings is 1. The Labute approximate surface area is 114 Å². The van der Waals surface area contributed by atoms with Crippen molar-refractivity contribution in [1.29, 1.82) is 0 Å². The second-order valence-corrected chi connectivity index (χ2v) is 5.07. The van der Waals surface area contributed by atoms with E-state index in [9.17, 15) is 4.79 Å². The molecule has 0 saturated heterocycles. The molecule has 1 amide bonds. The summed E-state index contributed by atoms with van der Waals surface area (Å²) in [6.45, 7) is 6.06. The molecule has 0 saturated carbocycles. The predicted molar refractivity (Wildman–Crippen MR) is 79.8 cm³/mol. The molecule has 0 aliphatic carbocycles. The minimum absolute atomic E-state index is 0.00690. The summed E-state index contributed by atoms with van der Waals surface area (Å²) in [5, 5.41) is 2.89. The second-order valence-electron chi connectivity index (χ2n) is 4.63. The summed E-state index contributed by atoms with van der Waals surface area (Å²) in [6, 6.07) is 5.64. The molecule has 0 bridgehead atoms. The first-order chi connectivity index (χ1) is 8.45. The van der Waals surface area contributed by atoms with Crippen LogP contribution in [0.2, 0.25) is 0 Å². The topological polar surface area (TPSA) is 55.1 Å². The van der Waals surface area contributed by atoms with Crippen LogP contribution in [0.15, 0.2) is 18.2 Å². The van der Waals surface area contributed by atoms with Crippen LogP contribution in [-0.2, 0) is 4.79 Å². The van der Waals surface area contributed by atoms with Crippen LogP contribution >= 0.6 is 12.2 Å². The Hall–Kier alpha value is -1.42. The van der Waals surface area contributed by atoms with Gasteiger partial charge in [-0.05, 0) is 24.5 Å². The number of nitrogens with two attached hydrogens (primary N) is 1. The second kappa shape index (κ2) is 6.50. The molecule has 0 fully saturated rings. The SMILES string of the molecule is CCC(C)CC(=O)Nc1cccc(C)c1C(N)=S. The summed E-state index contributed by atoms with van der Waals surface area (Å²) in [7, 11) is 0. The van der Waals surface area contributed by atoms with Crippen LogP contribution in [0.3, 0.4) is 0 Å². The number of hydrogen-bond acceptors (Lipinski definition) is 2. The molecular formula is C14H20N2OS. The molecule has 1 atom stereocenters. The van der Waals surface area contributed by atoms with E-state index in [-0.39, 0.29) is 5.91 Å². The first-order valence-electron chi connectivity index (χ1n) is 6.15. The van der Waals surface area contributed by atoms with E-state index in [2.05, 4.69) is 19.2 Å². The number of rotatable bonds is 5. The highest BCUT2D eigenvalue weighted by molar-refractivity contribution is 7.80. The third-order valence-corrected chi connectivity index (χ3v) is 3.23. The molecule has 1 aromatic carbocycles. The molecule has 18 heavy (non-hydrogen) atoms. The van der Waals surface area contributed by atoms with Crippen LogP contribution in [0.25, 0.3) is 0 Å². The zero-order valence-electron chi connectivity index (χ0n) is 11.1. The van der Waals surface area contributed by atoms with E-state index in [4.69, 9.17) is 18.0 Å². The molecule has 3 N–H and O–H groups in total. The molecule has 0 radical (unpaired) electrons. The highest BCUT2D eigenvalue weighted by Crippen LogP contribution is 2.20. The molecule has 98 valence electrons. The summed E-state index contributed by atoms with van der Waals surface area (Å²) in [6.07, 6.45) is 1.50. The highest BCUT2D eigenvalue weighted by atomic mass is 32.1. The maximum absolute atomic E-state index is 11.9. The van der Waals surface area contributed by atoms with Crippen LogP contribution < -0.4 is 11.1 Å². The Morgan fingerprint density at radius 1 is 1.50 bits per heavy atom. The summed E-state index contributed by atoms with van der Waals surface area (Å²) in [4.78, 5) is 12.2. The van der Waals surface area contributed by atoms with Crippen molar-refractivity contribution >= 4 is 28.8 Å². The molecule has 1 unspecified atom stereocenters. The van der Waals surface area contributed by atoms with Crippen LogP contribution in [0.4, 0.5) is 5.69 Å². The fourth-order valence-corrected chi connectivity index (χ4v) is 2.03. The summed E-state index contributed by atoms with van der Waals surface area (Å²) < 4.78 is 0. The Kier molecular flexibility index (Phi) is 5.28. The molecular weight excluding hydrogens is 244 g/mol. The van der Waals surface area contributed by atoms with E-state index in [1.165, 1.54) is 0 Å². The lowest BCUT2D eigenvalue weighted by molar-refractivity contribution is -0.117. The minimum atomic E-state index is 0.00690.